The van der Waals surface area contributed by atoms with Crippen LogP contribution in [-0.2, 0) is 16.6 Å². The first-order chi connectivity index (χ1) is 17.6. The van der Waals surface area contributed by atoms with Gasteiger partial charge in [0.1, 0.15) is 0 Å². The number of halogens is 3. The Kier molecular flexibility index (Phi) is 7.87. The Morgan fingerprint density at radius 3 is 2.27 bits per heavy atom. The number of carboxylic acids is 1. The monoisotopic (exact) mass is 512 g/mol. The minimum absolute atomic E-state index is 0.0199. The maximum Gasteiger partial charge on any atom is 0.490 e. The number of benzene rings is 3. The van der Waals surface area contributed by atoms with Crippen LogP contribution in [0.15, 0.2) is 66.7 Å². The molecule has 1 aliphatic heterocycles. The zero-order valence-electron chi connectivity index (χ0n) is 20.7. The average Bonchev–Trinajstić information content (AvgIpc) is 3.23. The summed E-state index contributed by atoms with van der Waals surface area (Å²) in [5, 5.41) is 12.6. The van der Waals surface area contributed by atoms with Crippen molar-refractivity contribution in [1.29, 1.82) is 0 Å². The standard InChI is InChI=1S/C27H30N2O.C2HF3O2/c1-20(28-26(30)24-11-10-21-6-2-3-8-23(21)18-24)19-29-16-14-27(15-17-29)13-12-22-7-4-5-9-25(22)27;3-2(4,5)1(6)7/h2-11,18,20H,12-17,19H2,1H3,(H,28,30);(H,6,7)/t20-;/m0./s1. The average molecular weight is 513 g/mol. The zero-order chi connectivity index (χ0) is 26.6. The van der Waals surface area contributed by atoms with Crippen molar-refractivity contribution >= 4 is 22.6 Å². The number of aryl methyl sites for hydroxylation is 1. The first kappa shape index (κ1) is 26.7. The van der Waals surface area contributed by atoms with Crippen LogP contribution < -0.4 is 5.32 Å². The summed E-state index contributed by atoms with van der Waals surface area (Å²) in [6.07, 6.45) is -0.0897. The molecule has 1 spiro atoms. The normalized spacial score (nSPS) is 17.5. The van der Waals surface area contributed by atoms with Gasteiger partial charge in [-0.25, -0.2) is 4.79 Å². The highest BCUT2D eigenvalue weighted by Crippen LogP contribution is 2.46. The lowest BCUT2D eigenvalue weighted by molar-refractivity contribution is -0.192. The van der Waals surface area contributed by atoms with Crippen LogP contribution in [0.25, 0.3) is 10.8 Å². The number of piperidine rings is 1. The zero-order valence-corrected chi connectivity index (χ0v) is 20.7. The number of rotatable bonds is 4. The third-order valence-electron chi connectivity index (χ3n) is 7.44. The van der Waals surface area contributed by atoms with Gasteiger partial charge in [-0.15, -0.1) is 0 Å². The van der Waals surface area contributed by atoms with Crippen molar-refractivity contribution < 1.29 is 27.9 Å². The van der Waals surface area contributed by atoms with E-state index in [0.717, 1.165) is 36.0 Å². The fourth-order valence-corrected chi connectivity index (χ4v) is 5.52. The van der Waals surface area contributed by atoms with Gasteiger partial charge in [-0.05, 0) is 85.1 Å². The Balaban J connectivity index is 0.000000405. The Bertz CT molecular complexity index is 1270. The Morgan fingerprint density at radius 1 is 0.973 bits per heavy atom. The molecule has 1 fully saturated rings. The molecule has 0 aromatic heterocycles. The molecule has 1 heterocycles. The van der Waals surface area contributed by atoms with Crippen molar-refractivity contribution in [2.24, 2.45) is 0 Å². The number of alkyl halides is 3. The highest BCUT2D eigenvalue weighted by atomic mass is 19.4. The summed E-state index contributed by atoms with van der Waals surface area (Å²) in [4.78, 5) is 24.2. The van der Waals surface area contributed by atoms with Crippen molar-refractivity contribution in [3.8, 4) is 0 Å². The number of aliphatic carboxylic acids is 1. The number of amides is 1. The van der Waals surface area contributed by atoms with E-state index in [-0.39, 0.29) is 11.9 Å². The molecule has 1 atom stereocenters. The lowest BCUT2D eigenvalue weighted by Crippen LogP contribution is -2.47. The van der Waals surface area contributed by atoms with E-state index in [2.05, 4.69) is 53.5 Å². The van der Waals surface area contributed by atoms with Gasteiger partial charge in [0.25, 0.3) is 5.91 Å². The van der Waals surface area contributed by atoms with Crippen molar-refractivity contribution in [2.45, 2.75) is 50.2 Å². The van der Waals surface area contributed by atoms with Gasteiger partial charge in [-0.3, -0.25) is 4.79 Å². The van der Waals surface area contributed by atoms with Gasteiger partial charge in [0.15, 0.2) is 0 Å². The van der Waals surface area contributed by atoms with Crippen LogP contribution in [0.3, 0.4) is 0 Å². The van der Waals surface area contributed by atoms with Gasteiger partial charge in [-0.2, -0.15) is 13.2 Å². The second kappa shape index (κ2) is 10.9. The molecule has 5 rings (SSSR count). The number of nitrogens with zero attached hydrogens (tertiary/aromatic N) is 1. The maximum absolute atomic E-state index is 12.8. The fraction of sp³-hybridized carbons (Fsp3) is 0.379. The lowest BCUT2D eigenvalue weighted by Gasteiger charge is -2.41. The van der Waals surface area contributed by atoms with Gasteiger partial charge >= 0.3 is 12.1 Å². The smallest absolute Gasteiger partial charge is 0.475 e. The second-order valence-electron chi connectivity index (χ2n) is 9.98. The van der Waals surface area contributed by atoms with Crippen LogP contribution in [0, 0.1) is 0 Å². The highest BCUT2D eigenvalue weighted by molar-refractivity contribution is 5.98. The van der Waals surface area contributed by atoms with Crippen LogP contribution in [0.1, 0.15) is 47.7 Å². The van der Waals surface area contributed by atoms with E-state index in [1.807, 2.05) is 30.3 Å². The molecule has 0 radical (unpaired) electrons. The van der Waals surface area contributed by atoms with Crippen molar-refractivity contribution in [1.82, 2.24) is 10.2 Å². The minimum Gasteiger partial charge on any atom is -0.475 e. The van der Waals surface area contributed by atoms with E-state index in [9.17, 15) is 18.0 Å². The predicted molar refractivity (Wildman–Crippen MR) is 137 cm³/mol. The van der Waals surface area contributed by atoms with E-state index in [0.29, 0.717) is 5.41 Å². The predicted octanol–water partition coefficient (Wildman–Crippen LogP) is 5.57. The number of carbonyl (C=O) groups excluding carboxylic acids is 1. The quantitative estimate of drug-likeness (QED) is 0.480. The van der Waals surface area contributed by atoms with Crippen LogP contribution in [0.2, 0.25) is 0 Å². The molecular weight excluding hydrogens is 481 g/mol. The molecule has 1 saturated heterocycles. The van der Waals surface area contributed by atoms with Crippen LogP contribution >= 0.6 is 0 Å². The van der Waals surface area contributed by atoms with Crippen molar-refractivity contribution in [3.05, 3.63) is 83.4 Å². The van der Waals surface area contributed by atoms with Gasteiger partial charge in [0.05, 0.1) is 0 Å². The third kappa shape index (κ3) is 6.31. The van der Waals surface area contributed by atoms with E-state index in [1.165, 1.54) is 25.7 Å². The molecular formula is C29H31F3N2O3. The number of carboxylic acid groups (broad SMARTS) is 1. The second-order valence-corrected chi connectivity index (χ2v) is 9.98. The Hall–Kier alpha value is -3.39. The first-order valence-corrected chi connectivity index (χ1v) is 12.5. The van der Waals surface area contributed by atoms with Gasteiger partial charge in [-0.1, -0.05) is 54.6 Å². The SMILES string of the molecule is C[C@@H](CN1CCC2(CCc3ccccc32)CC1)NC(=O)c1ccc2ccccc2c1.O=C(O)C(F)(F)F. The number of likely N-dealkylation sites (tertiary alicyclic amines) is 1. The van der Waals surface area contributed by atoms with E-state index < -0.39 is 12.1 Å². The van der Waals surface area contributed by atoms with Crippen LogP contribution in [0.4, 0.5) is 13.2 Å². The number of carbonyl (C=O) groups is 2. The molecule has 8 heteroatoms. The summed E-state index contributed by atoms with van der Waals surface area (Å²) < 4.78 is 31.7. The molecule has 196 valence electrons. The number of hydrogen-bond acceptors (Lipinski definition) is 3. The summed E-state index contributed by atoms with van der Waals surface area (Å²) >= 11 is 0. The summed E-state index contributed by atoms with van der Waals surface area (Å²) in [6.45, 7) is 5.26. The van der Waals surface area contributed by atoms with E-state index in [4.69, 9.17) is 9.90 Å². The molecule has 3 aromatic carbocycles. The van der Waals surface area contributed by atoms with Crippen LogP contribution in [-0.4, -0.2) is 53.7 Å². The molecule has 0 saturated carbocycles. The van der Waals surface area contributed by atoms with Gasteiger partial charge in [0, 0.05) is 18.2 Å². The number of nitrogens with one attached hydrogen (secondary N) is 1. The molecule has 5 nitrogen and oxygen atoms in total. The Morgan fingerprint density at radius 2 is 1.59 bits per heavy atom. The minimum atomic E-state index is -5.08. The number of fused-ring (bicyclic) bond motifs is 3. The van der Waals surface area contributed by atoms with E-state index in [1.54, 1.807) is 11.1 Å². The van der Waals surface area contributed by atoms with E-state index >= 15 is 0 Å². The molecule has 3 aromatic rings. The molecule has 1 amide bonds. The van der Waals surface area contributed by atoms with Crippen LogP contribution in [0.5, 0.6) is 0 Å². The van der Waals surface area contributed by atoms with Gasteiger partial charge in [0.2, 0.25) is 0 Å². The maximum atomic E-state index is 12.8. The summed E-state index contributed by atoms with van der Waals surface area (Å²) in [5.74, 6) is -2.74. The summed E-state index contributed by atoms with van der Waals surface area (Å²) in [7, 11) is 0. The van der Waals surface area contributed by atoms with Crippen molar-refractivity contribution in [2.75, 3.05) is 19.6 Å². The highest BCUT2D eigenvalue weighted by Gasteiger charge is 2.41. The summed E-state index contributed by atoms with van der Waals surface area (Å²) in [5.41, 5.74) is 4.29. The van der Waals surface area contributed by atoms with Crippen molar-refractivity contribution in [3.63, 3.8) is 0 Å². The summed E-state index contributed by atoms with van der Waals surface area (Å²) in [6, 6.07) is 23.3. The largest absolute Gasteiger partial charge is 0.490 e. The fourth-order valence-electron chi connectivity index (χ4n) is 5.52. The number of hydrogen-bond donors (Lipinski definition) is 2. The molecule has 2 N–H and O–H groups in total. The van der Waals surface area contributed by atoms with Gasteiger partial charge < -0.3 is 15.3 Å². The lowest BCUT2D eigenvalue weighted by atomic mass is 9.74. The molecule has 0 bridgehead atoms. The Labute approximate surface area is 214 Å². The first-order valence-electron chi connectivity index (χ1n) is 12.5. The molecule has 1 aliphatic carbocycles. The molecule has 2 aliphatic rings. The molecule has 37 heavy (non-hydrogen) atoms. The topological polar surface area (TPSA) is 69.6 Å². The molecule has 0 unspecified atom stereocenters. The third-order valence-corrected chi connectivity index (χ3v) is 7.44.